The van der Waals surface area contributed by atoms with Gasteiger partial charge in [-0.1, -0.05) is 46.1 Å². The van der Waals surface area contributed by atoms with Gasteiger partial charge in [0.2, 0.25) is 0 Å². The third-order valence-electron chi connectivity index (χ3n) is 4.03. The number of fused-ring (bicyclic) bond motifs is 1. The average Bonchev–Trinajstić information content (AvgIpc) is 2.85. The van der Waals surface area contributed by atoms with Crippen molar-refractivity contribution in [3.05, 3.63) is 23.8 Å². The maximum Gasteiger partial charge on any atom is 0.126 e. The van der Waals surface area contributed by atoms with E-state index in [-0.39, 0.29) is 0 Å². The Balaban J connectivity index is 1.65. The summed E-state index contributed by atoms with van der Waals surface area (Å²) in [6, 6.07) is 6.23. The van der Waals surface area contributed by atoms with Crippen LogP contribution in [0.15, 0.2) is 18.2 Å². The fourth-order valence-electron chi connectivity index (χ4n) is 2.63. The van der Waals surface area contributed by atoms with E-state index in [0.29, 0.717) is 0 Å². The molecular formula is C18H28O2. The molecule has 2 rings (SSSR count). The molecule has 0 spiro atoms. The van der Waals surface area contributed by atoms with Crippen molar-refractivity contribution in [2.45, 2.75) is 52.9 Å². The zero-order chi connectivity index (χ0) is 14.4. The lowest BCUT2D eigenvalue weighted by Crippen LogP contribution is -2.05. The molecule has 1 aromatic rings. The van der Waals surface area contributed by atoms with Gasteiger partial charge in [-0.25, -0.2) is 0 Å². The number of hydrogen-bond donors (Lipinski definition) is 0. The van der Waals surface area contributed by atoms with Gasteiger partial charge < -0.3 is 9.47 Å². The molecule has 0 amide bonds. The molecule has 1 aliphatic rings. The Morgan fingerprint density at radius 3 is 2.80 bits per heavy atom. The van der Waals surface area contributed by atoms with E-state index in [1.165, 1.54) is 24.8 Å². The second-order valence-electron chi connectivity index (χ2n) is 6.44. The van der Waals surface area contributed by atoms with Crippen LogP contribution in [-0.2, 0) is 6.42 Å². The molecule has 2 heteroatoms. The summed E-state index contributed by atoms with van der Waals surface area (Å²) in [5.74, 6) is 3.52. The van der Waals surface area contributed by atoms with Gasteiger partial charge in [0.1, 0.15) is 11.5 Å². The Hall–Kier alpha value is -1.18. The van der Waals surface area contributed by atoms with Crippen molar-refractivity contribution in [2.75, 3.05) is 13.2 Å². The molecule has 0 saturated carbocycles. The summed E-state index contributed by atoms with van der Waals surface area (Å²) in [6.45, 7) is 8.54. The number of rotatable bonds is 8. The molecule has 0 N–H and O–H groups in total. The van der Waals surface area contributed by atoms with Crippen LogP contribution in [-0.4, -0.2) is 13.2 Å². The highest BCUT2D eigenvalue weighted by Gasteiger charge is 2.12. The first kappa shape index (κ1) is 15.2. The SMILES string of the molecule is CC(C)CCCC(C)CCOc1ccc2c(c1)OCC2. The molecule has 1 atom stereocenters. The lowest BCUT2D eigenvalue weighted by atomic mass is 9.98. The summed E-state index contributed by atoms with van der Waals surface area (Å²) in [5, 5.41) is 0. The Bertz CT molecular complexity index is 412. The Kier molecular flexibility index (Phi) is 5.75. The summed E-state index contributed by atoms with van der Waals surface area (Å²) in [7, 11) is 0. The van der Waals surface area contributed by atoms with Crippen molar-refractivity contribution >= 4 is 0 Å². The Labute approximate surface area is 123 Å². The number of benzene rings is 1. The topological polar surface area (TPSA) is 18.5 Å². The second kappa shape index (κ2) is 7.56. The van der Waals surface area contributed by atoms with E-state index in [1.54, 1.807) is 0 Å². The lowest BCUT2D eigenvalue weighted by Gasteiger charge is -2.13. The van der Waals surface area contributed by atoms with E-state index in [1.807, 2.05) is 6.07 Å². The van der Waals surface area contributed by atoms with Crippen molar-refractivity contribution in [1.82, 2.24) is 0 Å². The first-order chi connectivity index (χ1) is 9.65. The molecule has 0 fully saturated rings. The highest BCUT2D eigenvalue weighted by molar-refractivity contribution is 5.42. The lowest BCUT2D eigenvalue weighted by molar-refractivity contribution is 0.274. The van der Waals surface area contributed by atoms with Crippen molar-refractivity contribution < 1.29 is 9.47 Å². The molecule has 1 aromatic carbocycles. The fraction of sp³-hybridized carbons (Fsp3) is 0.667. The molecule has 112 valence electrons. The molecule has 0 radical (unpaired) electrons. The van der Waals surface area contributed by atoms with Gasteiger partial charge in [-0.15, -0.1) is 0 Å². The van der Waals surface area contributed by atoms with Crippen molar-refractivity contribution in [2.24, 2.45) is 11.8 Å². The standard InChI is InChI=1S/C18H28O2/c1-14(2)5-4-6-15(3)9-11-19-17-8-7-16-10-12-20-18(16)13-17/h7-8,13-15H,4-6,9-12H2,1-3H3. The van der Waals surface area contributed by atoms with E-state index < -0.39 is 0 Å². The van der Waals surface area contributed by atoms with E-state index >= 15 is 0 Å². The second-order valence-corrected chi connectivity index (χ2v) is 6.44. The molecule has 0 aliphatic carbocycles. The number of hydrogen-bond acceptors (Lipinski definition) is 2. The van der Waals surface area contributed by atoms with Crippen LogP contribution in [0.1, 0.15) is 52.0 Å². The monoisotopic (exact) mass is 276 g/mol. The van der Waals surface area contributed by atoms with Crippen LogP contribution in [0.5, 0.6) is 11.5 Å². The quantitative estimate of drug-likeness (QED) is 0.675. The number of ether oxygens (including phenoxy) is 2. The summed E-state index contributed by atoms with van der Waals surface area (Å²) >= 11 is 0. The van der Waals surface area contributed by atoms with Crippen LogP contribution in [0.4, 0.5) is 0 Å². The molecule has 20 heavy (non-hydrogen) atoms. The normalized spacial score (nSPS) is 15.0. The predicted molar refractivity (Wildman–Crippen MR) is 83.6 cm³/mol. The van der Waals surface area contributed by atoms with E-state index in [0.717, 1.165) is 49.4 Å². The largest absolute Gasteiger partial charge is 0.493 e. The van der Waals surface area contributed by atoms with Gasteiger partial charge in [-0.2, -0.15) is 0 Å². The minimum atomic E-state index is 0.749. The van der Waals surface area contributed by atoms with Gasteiger partial charge in [-0.05, 0) is 29.9 Å². The highest BCUT2D eigenvalue weighted by Crippen LogP contribution is 2.29. The zero-order valence-corrected chi connectivity index (χ0v) is 13.2. The maximum absolute atomic E-state index is 5.85. The summed E-state index contributed by atoms with van der Waals surface area (Å²) in [5.41, 5.74) is 1.31. The third kappa shape index (κ3) is 4.73. The molecule has 1 unspecified atom stereocenters. The van der Waals surface area contributed by atoms with Crippen molar-refractivity contribution in [3.63, 3.8) is 0 Å². The highest BCUT2D eigenvalue weighted by atomic mass is 16.5. The summed E-state index contributed by atoms with van der Waals surface area (Å²) in [6.07, 6.45) is 6.16. The van der Waals surface area contributed by atoms with Crippen molar-refractivity contribution in [1.29, 1.82) is 0 Å². The molecule has 2 nitrogen and oxygen atoms in total. The van der Waals surface area contributed by atoms with Crippen LogP contribution >= 0.6 is 0 Å². The van der Waals surface area contributed by atoms with Gasteiger partial charge in [0, 0.05) is 12.5 Å². The molecule has 1 aliphatic heterocycles. The zero-order valence-electron chi connectivity index (χ0n) is 13.2. The first-order valence-electron chi connectivity index (χ1n) is 8.03. The maximum atomic E-state index is 5.85. The fourth-order valence-corrected chi connectivity index (χ4v) is 2.63. The van der Waals surface area contributed by atoms with Crippen LogP contribution in [0.3, 0.4) is 0 Å². The average molecular weight is 276 g/mol. The first-order valence-corrected chi connectivity index (χ1v) is 8.03. The van der Waals surface area contributed by atoms with E-state index in [9.17, 15) is 0 Å². The Morgan fingerprint density at radius 1 is 1.15 bits per heavy atom. The summed E-state index contributed by atoms with van der Waals surface area (Å²) in [4.78, 5) is 0. The van der Waals surface area contributed by atoms with Gasteiger partial charge in [0.25, 0.3) is 0 Å². The molecule has 0 bridgehead atoms. The smallest absolute Gasteiger partial charge is 0.126 e. The molecule has 1 heterocycles. The molecular weight excluding hydrogens is 248 g/mol. The minimum Gasteiger partial charge on any atom is -0.493 e. The van der Waals surface area contributed by atoms with Crippen molar-refractivity contribution in [3.8, 4) is 11.5 Å². The van der Waals surface area contributed by atoms with Gasteiger partial charge in [0.15, 0.2) is 0 Å². The Morgan fingerprint density at radius 2 is 2.00 bits per heavy atom. The van der Waals surface area contributed by atoms with Crippen LogP contribution in [0.25, 0.3) is 0 Å². The predicted octanol–water partition coefficient (Wildman–Crippen LogP) is 4.85. The van der Waals surface area contributed by atoms with Gasteiger partial charge >= 0.3 is 0 Å². The van der Waals surface area contributed by atoms with Gasteiger partial charge in [0.05, 0.1) is 13.2 Å². The van der Waals surface area contributed by atoms with Crippen LogP contribution in [0.2, 0.25) is 0 Å². The van der Waals surface area contributed by atoms with Crippen LogP contribution in [0, 0.1) is 11.8 Å². The van der Waals surface area contributed by atoms with E-state index in [2.05, 4.69) is 32.9 Å². The third-order valence-corrected chi connectivity index (χ3v) is 4.03. The van der Waals surface area contributed by atoms with Gasteiger partial charge in [-0.3, -0.25) is 0 Å². The van der Waals surface area contributed by atoms with E-state index in [4.69, 9.17) is 9.47 Å². The summed E-state index contributed by atoms with van der Waals surface area (Å²) < 4.78 is 11.4. The molecule has 0 saturated heterocycles. The minimum absolute atomic E-state index is 0.749. The molecule has 0 aromatic heterocycles. The van der Waals surface area contributed by atoms with Crippen LogP contribution < -0.4 is 9.47 Å².